The fourth-order valence-corrected chi connectivity index (χ4v) is 1.91. The van der Waals surface area contributed by atoms with E-state index in [4.69, 9.17) is 33.7 Å². The van der Waals surface area contributed by atoms with E-state index in [9.17, 15) is 0 Å². The Morgan fingerprint density at radius 2 is 2.00 bits per heavy atom. The standard InChI is InChI=1S/C11H15Cl2NO.ClH/c1-2-5-15-11-8(3-4-14)6-9(12)7-10(11)13;/h6-7H,2-5,14H2,1H3;1H. The Hall–Kier alpha value is -0.150. The zero-order valence-electron chi connectivity index (χ0n) is 9.13. The van der Waals surface area contributed by atoms with Gasteiger partial charge in [-0.25, -0.2) is 0 Å². The number of nitrogens with two attached hydrogens (primary N) is 1. The fraction of sp³-hybridized carbons (Fsp3) is 0.455. The molecular formula is C11H16Cl3NO. The van der Waals surface area contributed by atoms with Crippen LogP contribution < -0.4 is 10.5 Å². The Bertz CT molecular complexity index is 331. The van der Waals surface area contributed by atoms with Crippen molar-refractivity contribution in [1.29, 1.82) is 0 Å². The lowest BCUT2D eigenvalue weighted by atomic mass is 10.1. The van der Waals surface area contributed by atoms with Crippen LogP contribution >= 0.6 is 35.6 Å². The highest BCUT2D eigenvalue weighted by molar-refractivity contribution is 6.35. The van der Waals surface area contributed by atoms with Gasteiger partial charge >= 0.3 is 0 Å². The minimum absolute atomic E-state index is 0. The summed E-state index contributed by atoms with van der Waals surface area (Å²) in [6.45, 7) is 3.25. The van der Waals surface area contributed by atoms with Crippen molar-refractivity contribution in [3.05, 3.63) is 27.7 Å². The lowest BCUT2D eigenvalue weighted by Crippen LogP contribution is -2.06. The molecule has 1 aromatic rings. The van der Waals surface area contributed by atoms with Gasteiger partial charge in [0, 0.05) is 5.02 Å². The van der Waals surface area contributed by atoms with E-state index < -0.39 is 0 Å². The van der Waals surface area contributed by atoms with E-state index in [0.717, 1.165) is 18.4 Å². The van der Waals surface area contributed by atoms with E-state index in [0.29, 0.717) is 28.9 Å². The molecule has 0 spiro atoms. The van der Waals surface area contributed by atoms with Crippen LogP contribution in [0.15, 0.2) is 12.1 Å². The van der Waals surface area contributed by atoms with Crippen LogP contribution in [0, 0.1) is 0 Å². The smallest absolute Gasteiger partial charge is 0.141 e. The molecule has 0 heterocycles. The third-order valence-corrected chi connectivity index (χ3v) is 2.45. The second kappa shape index (κ2) is 8.02. The Kier molecular flexibility index (Phi) is 7.94. The van der Waals surface area contributed by atoms with E-state index >= 15 is 0 Å². The molecule has 1 aromatic carbocycles. The van der Waals surface area contributed by atoms with Crippen LogP contribution in [0.5, 0.6) is 5.75 Å². The van der Waals surface area contributed by atoms with E-state index in [2.05, 4.69) is 0 Å². The molecule has 0 bridgehead atoms. The minimum atomic E-state index is 0. The summed E-state index contributed by atoms with van der Waals surface area (Å²) in [6.07, 6.45) is 1.67. The monoisotopic (exact) mass is 283 g/mol. The van der Waals surface area contributed by atoms with Crippen molar-refractivity contribution in [2.75, 3.05) is 13.2 Å². The van der Waals surface area contributed by atoms with E-state index in [1.165, 1.54) is 0 Å². The first-order valence-corrected chi connectivity index (χ1v) is 5.75. The van der Waals surface area contributed by atoms with Gasteiger partial charge in [-0.15, -0.1) is 12.4 Å². The molecule has 0 atom stereocenters. The highest BCUT2D eigenvalue weighted by Gasteiger charge is 2.09. The Morgan fingerprint density at radius 1 is 1.31 bits per heavy atom. The van der Waals surface area contributed by atoms with Gasteiger partial charge in [-0.2, -0.15) is 0 Å². The molecule has 0 aromatic heterocycles. The molecule has 0 fully saturated rings. The summed E-state index contributed by atoms with van der Waals surface area (Å²) in [5.41, 5.74) is 6.49. The first kappa shape index (κ1) is 15.9. The molecule has 0 saturated heterocycles. The maximum absolute atomic E-state index is 6.06. The molecular weight excluding hydrogens is 268 g/mol. The zero-order valence-corrected chi connectivity index (χ0v) is 11.5. The summed E-state index contributed by atoms with van der Waals surface area (Å²) < 4.78 is 5.58. The molecule has 1 rings (SSSR count). The first-order chi connectivity index (χ1) is 7.19. The highest BCUT2D eigenvalue weighted by atomic mass is 35.5. The SMILES string of the molecule is CCCOc1c(Cl)cc(Cl)cc1CCN.Cl. The fourth-order valence-electron chi connectivity index (χ4n) is 1.32. The summed E-state index contributed by atoms with van der Waals surface area (Å²) in [7, 11) is 0. The number of hydrogen-bond acceptors (Lipinski definition) is 2. The van der Waals surface area contributed by atoms with E-state index in [1.807, 2.05) is 13.0 Å². The third-order valence-electron chi connectivity index (χ3n) is 1.95. The predicted molar refractivity (Wildman–Crippen MR) is 72.3 cm³/mol. The van der Waals surface area contributed by atoms with Crippen molar-refractivity contribution < 1.29 is 4.74 Å². The number of benzene rings is 1. The maximum Gasteiger partial charge on any atom is 0.141 e. The normalized spacial score (nSPS) is 9.75. The predicted octanol–water partition coefficient (Wildman–Crippen LogP) is 3.71. The van der Waals surface area contributed by atoms with Gasteiger partial charge in [0.2, 0.25) is 0 Å². The number of halogens is 3. The van der Waals surface area contributed by atoms with Crippen LogP contribution in [-0.4, -0.2) is 13.2 Å². The highest BCUT2D eigenvalue weighted by Crippen LogP contribution is 2.32. The minimum Gasteiger partial charge on any atom is -0.492 e. The lowest BCUT2D eigenvalue weighted by molar-refractivity contribution is 0.314. The van der Waals surface area contributed by atoms with Crippen molar-refractivity contribution in [3.63, 3.8) is 0 Å². The van der Waals surface area contributed by atoms with Gasteiger partial charge in [0.25, 0.3) is 0 Å². The van der Waals surface area contributed by atoms with Gasteiger partial charge in [-0.3, -0.25) is 0 Å². The van der Waals surface area contributed by atoms with Gasteiger partial charge in [0.1, 0.15) is 5.75 Å². The van der Waals surface area contributed by atoms with Crippen molar-refractivity contribution in [2.24, 2.45) is 5.73 Å². The van der Waals surface area contributed by atoms with Crippen LogP contribution in [0.2, 0.25) is 10.0 Å². The Morgan fingerprint density at radius 3 is 2.56 bits per heavy atom. The van der Waals surface area contributed by atoms with Gasteiger partial charge in [-0.05, 0) is 37.1 Å². The average molecular weight is 285 g/mol. The van der Waals surface area contributed by atoms with Crippen LogP contribution in [0.4, 0.5) is 0 Å². The van der Waals surface area contributed by atoms with Crippen molar-refractivity contribution in [3.8, 4) is 5.75 Å². The van der Waals surface area contributed by atoms with Gasteiger partial charge in [-0.1, -0.05) is 30.1 Å². The van der Waals surface area contributed by atoms with Crippen molar-refractivity contribution in [2.45, 2.75) is 19.8 Å². The maximum atomic E-state index is 6.06. The van der Waals surface area contributed by atoms with Gasteiger partial charge < -0.3 is 10.5 Å². The summed E-state index contributed by atoms with van der Waals surface area (Å²) in [5, 5.41) is 1.17. The molecule has 16 heavy (non-hydrogen) atoms. The van der Waals surface area contributed by atoms with Crippen molar-refractivity contribution in [1.82, 2.24) is 0 Å². The second-order valence-corrected chi connectivity index (χ2v) is 4.11. The first-order valence-electron chi connectivity index (χ1n) is 4.99. The molecule has 0 unspecified atom stereocenters. The second-order valence-electron chi connectivity index (χ2n) is 3.26. The number of hydrogen-bond donors (Lipinski definition) is 1. The van der Waals surface area contributed by atoms with E-state index in [1.54, 1.807) is 6.07 Å². The summed E-state index contributed by atoms with van der Waals surface area (Å²) >= 11 is 12.0. The Labute approximate surface area is 112 Å². The van der Waals surface area contributed by atoms with Crippen LogP contribution in [0.3, 0.4) is 0 Å². The molecule has 0 saturated carbocycles. The molecule has 2 nitrogen and oxygen atoms in total. The molecule has 92 valence electrons. The quantitative estimate of drug-likeness (QED) is 0.894. The molecule has 0 aliphatic heterocycles. The van der Waals surface area contributed by atoms with Crippen LogP contribution in [-0.2, 0) is 6.42 Å². The molecule has 0 aliphatic rings. The van der Waals surface area contributed by atoms with Crippen LogP contribution in [0.1, 0.15) is 18.9 Å². The summed E-state index contributed by atoms with van der Waals surface area (Å²) in [5.74, 6) is 0.716. The molecule has 2 N–H and O–H groups in total. The molecule has 0 amide bonds. The lowest BCUT2D eigenvalue weighted by Gasteiger charge is -2.12. The van der Waals surface area contributed by atoms with Crippen molar-refractivity contribution >= 4 is 35.6 Å². The average Bonchev–Trinajstić information content (AvgIpc) is 2.17. The molecule has 5 heteroatoms. The van der Waals surface area contributed by atoms with Gasteiger partial charge in [0.15, 0.2) is 0 Å². The Balaban J connectivity index is 0.00000225. The third kappa shape index (κ3) is 4.38. The largest absolute Gasteiger partial charge is 0.492 e. The molecule has 0 radical (unpaired) electrons. The molecule has 0 aliphatic carbocycles. The van der Waals surface area contributed by atoms with E-state index in [-0.39, 0.29) is 12.4 Å². The zero-order chi connectivity index (χ0) is 11.3. The van der Waals surface area contributed by atoms with Gasteiger partial charge in [0.05, 0.1) is 11.6 Å². The summed E-state index contributed by atoms with van der Waals surface area (Å²) in [4.78, 5) is 0. The summed E-state index contributed by atoms with van der Waals surface area (Å²) in [6, 6.07) is 3.54. The van der Waals surface area contributed by atoms with Crippen LogP contribution in [0.25, 0.3) is 0 Å². The topological polar surface area (TPSA) is 35.2 Å². The number of ether oxygens (including phenoxy) is 1. The number of rotatable bonds is 5.